The molecule has 0 spiro atoms. The van der Waals surface area contributed by atoms with Gasteiger partial charge in [-0.2, -0.15) is 0 Å². The summed E-state index contributed by atoms with van der Waals surface area (Å²) in [6.07, 6.45) is 2.59. The van der Waals surface area contributed by atoms with Gasteiger partial charge in [-0.25, -0.2) is 13.1 Å². The van der Waals surface area contributed by atoms with E-state index >= 15 is 0 Å². The fraction of sp³-hybridized carbons (Fsp3) is 0.462. The molecule has 1 aromatic rings. The quantitative estimate of drug-likeness (QED) is 0.550. The third-order valence-electron chi connectivity index (χ3n) is 2.82. The summed E-state index contributed by atoms with van der Waals surface area (Å²) in [6.45, 7) is 2.26. The number of nitrogens with two attached hydrogens (primary N) is 1. The highest BCUT2D eigenvalue weighted by molar-refractivity contribution is 7.89. The van der Waals surface area contributed by atoms with Crippen LogP contribution in [0.4, 0.5) is 0 Å². The van der Waals surface area contributed by atoms with Gasteiger partial charge >= 0.3 is 0 Å². The lowest BCUT2D eigenvalue weighted by atomic mass is 10.1. The maximum Gasteiger partial charge on any atom is 0.241 e. The summed E-state index contributed by atoms with van der Waals surface area (Å²) in [5.41, 5.74) is 6.02. The molecule has 0 bridgehead atoms. The Hall–Kier alpha value is -1.24. The van der Waals surface area contributed by atoms with Crippen LogP contribution in [0.1, 0.15) is 24.8 Å². The summed E-state index contributed by atoms with van der Waals surface area (Å²) in [5, 5.41) is 0. The second-order valence-corrected chi connectivity index (χ2v) is 6.10. The zero-order chi connectivity index (χ0) is 14.3. The summed E-state index contributed by atoms with van der Waals surface area (Å²) >= 11 is 0. The van der Waals surface area contributed by atoms with E-state index in [2.05, 4.69) is 4.72 Å². The highest BCUT2D eigenvalue weighted by Gasteiger charge is 2.20. The summed E-state index contributed by atoms with van der Waals surface area (Å²) in [5.74, 6) is 0. The number of unbranched alkanes of at least 4 members (excludes halogenated alkanes) is 1. The minimum absolute atomic E-state index is 0.209. The topological polar surface area (TPSA) is 89.3 Å². The highest BCUT2D eigenvalue weighted by atomic mass is 32.2. The van der Waals surface area contributed by atoms with E-state index in [4.69, 9.17) is 5.73 Å². The minimum atomic E-state index is -3.65. The Morgan fingerprint density at radius 1 is 1.32 bits per heavy atom. The summed E-state index contributed by atoms with van der Waals surface area (Å²) in [4.78, 5) is 11.1. The fourth-order valence-corrected chi connectivity index (χ4v) is 3.23. The molecular formula is C13H20N2O3S. The third-order valence-corrected chi connectivity index (χ3v) is 4.47. The molecule has 0 aliphatic heterocycles. The Kier molecular flexibility index (Phi) is 6.14. The van der Waals surface area contributed by atoms with Gasteiger partial charge in [0.2, 0.25) is 10.0 Å². The van der Waals surface area contributed by atoms with E-state index in [9.17, 15) is 13.2 Å². The van der Waals surface area contributed by atoms with Crippen LogP contribution < -0.4 is 10.5 Å². The van der Waals surface area contributed by atoms with Crippen molar-refractivity contribution < 1.29 is 13.2 Å². The number of nitrogens with one attached hydrogen (secondary N) is 1. The lowest BCUT2D eigenvalue weighted by Gasteiger charge is -2.14. The van der Waals surface area contributed by atoms with Crippen molar-refractivity contribution in [2.45, 2.75) is 37.1 Å². The molecule has 0 aliphatic carbocycles. The molecule has 1 aromatic carbocycles. The van der Waals surface area contributed by atoms with Gasteiger partial charge in [-0.05, 0) is 37.9 Å². The molecule has 6 heteroatoms. The average Bonchev–Trinajstić information content (AvgIpc) is 2.38. The second-order valence-electron chi connectivity index (χ2n) is 4.41. The van der Waals surface area contributed by atoms with Crippen molar-refractivity contribution in [2.75, 3.05) is 6.54 Å². The first kappa shape index (κ1) is 15.8. The predicted molar refractivity (Wildman–Crippen MR) is 74.3 cm³/mol. The van der Waals surface area contributed by atoms with Crippen LogP contribution in [0.5, 0.6) is 0 Å². The van der Waals surface area contributed by atoms with Gasteiger partial charge in [-0.1, -0.05) is 24.6 Å². The van der Waals surface area contributed by atoms with Gasteiger partial charge in [0.15, 0.2) is 0 Å². The van der Waals surface area contributed by atoms with Crippen LogP contribution >= 0.6 is 0 Å². The van der Waals surface area contributed by atoms with Crippen LogP contribution in [0.25, 0.3) is 0 Å². The molecule has 0 radical (unpaired) electrons. The monoisotopic (exact) mass is 284 g/mol. The molecule has 0 saturated carbocycles. The number of benzene rings is 1. The Morgan fingerprint density at radius 3 is 2.58 bits per heavy atom. The van der Waals surface area contributed by atoms with Crippen molar-refractivity contribution >= 4 is 16.3 Å². The number of rotatable bonds is 8. The van der Waals surface area contributed by atoms with Crippen molar-refractivity contribution in [1.29, 1.82) is 0 Å². The predicted octanol–water partition coefficient (Wildman–Crippen LogP) is 0.970. The van der Waals surface area contributed by atoms with E-state index in [1.54, 1.807) is 25.1 Å². The van der Waals surface area contributed by atoms with Crippen LogP contribution in [0.2, 0.25) is 0 Å². The van der Waals surface area contributed by atoms with Gasteiger partial charge in [0.25, 0.3) is 0 Å². The number of aldehydes is 1. The molecule has 1 atom stereocenters. The Labute approximate surface area is 114 Å². The number of hydrogen-bond donors (Lipinski definition) is 2. The van der Waals surface area contributed by atoms with Crippen LogP contribution in [-0.4, -0.2) is 27.3 Å². The molecule has 0 saturated heterocycles. The highest BCUT2D eigenvalue weighted by Crippen LogP contribution is 2.14. The number of carbonyl (C=O) groups excluding carboxylic acids is 1. The normalized spacial score (nSPS) is 13.2. The number of carbonyl (C=O) groups is 1. The lowest BCUT2D eigenvalue weighted by Crippen LogP contribution is -2.36. The molecule has 0 amide bonds. The molecule has 106 valence electrons. The zero-order valence-electron chi connectivity index (χ0n) is 11.0. The standard InChI is InChI=1S/C13H20N2O3S/c1-11-6-2-3-8-13(11)19(17,18)15-12(10-16)7-4-5-9-14/h2-3,6,8,10,12,15H,4-5,7,9,14H2,1H3/t12-/m0/s1. The van der Waals surface area contributed by atoms with Gasteiger partial charge in [0.1, 0.15) is 6.29 Å². The van der Waals surface area contributed by atoms with Gasteiger partial charge in [0.05, 0.1) is 10.9 Å². The smallest absolute Gasteiger partial charge is 0.241 e. The number of sulfonamides is 1. The molecular weight excluding hydrogens is 264 g/mol. The van der Waals surface area contributed by atoms with Crippen molar-refractivity contribution in [3.8, 4) is 0 Å². The summed E-state index contributed by atoms with van der Waals surface area (Å²) < 4.78 is 26.7. The van der Waals surface area contributed by atoms with Crippen LogP contribution in [0, 0.1) is 6.92 Å². The van der Waals surface area contributed by atoms with Gasteiger partial charge in [0, 0.05) is 0 Å². The molecule has 19 heavy (non-hydrogen) atoms. The van der Waals surface area contributed by atoms with E-state index in [0.717, 1.165) is 12.8 Å². The first-order chi connectivity index (χ1) is 9.01. The lowest BCUT2D eigenvalue weighted by molar-refractivity contribution is -0.109. The third kappa shape index (κ3) is 4.74. The molecule has 0 heterocycles. The van der Waals surface area contributed by atoms with Crippen LogP contribution in [0.3, 0.4) is 0 Å². The van der Waals surface area contributed by atoms with E-state index in [-0.39, 0.29) is 4.90 Å². The fourth-order valence-electron chi connectivity index (χ4n) is 1.78. The largest absolute Gasteiger partial charge is 0.330 e. The number of hydrogen-bond acceptors (Lipinski definition) is 4. The van der Waals surface area contributed by atoms with Crippen molar-refractivity contribution in [3.63, 3.8) is 0 Å². The van der Waals surface area contributed by atoms with Crippen LogP contribution in [0.15, 0.2) is 29.2 Å². The van der Waals surface area contributed by atoms with Gasteiger partial charge in [-0.15, -0.1) is 0 Å². The van der Waals surface area contributed by atoms with Crippen molar-refractivity contribution in [3.05, 3.63) is 29.8 Å². The SMILES string of the molecule is Cc1ccccc1S(=O)(=O)N[C@H](C=O)CCCCN. The molecule has 0 aliphatic rings. The maximum atomic E-state index is 12.2. The molecule has 0 unspecified atom stereocenters. The first-order valence-electron chi connectivity index (χ1n) is 6.24. The van der Waals surface area contributed by atoms with Gasteiger partial charge in [-0.3, -0.25) is 0 Å². The first-order valence-corrected chi connectivity index (χ1v) is 7.73. The molecule has 1 rings (SSSR count). The average molecular weight is 284 g/mol. The Balaban J connectivity index is 2.78. The van der Waals surface area contributed by atoms with E-state index in [1.165, 1.54) is 6.07 Å². The van der Waals surface area contributed by atoms with E-state index < -0.39 is 16.1 Å². The Morgan fingerprint density at radius 2 is 2.00 bits per heavy atom. The van der Waals surface area contributed by atoms with E-state index in [1.807, 2.05) is 0 Å². The maximum absolute atomic E-state index is 12.2. The molecule has 0 aromatic heterocycles. The minimum Gasteiger partial charge on any atom is -0.330 e. The second kappa shape index (κ2) is 7.37. The molecule has 0 fully saturated rings. The number of aryl methyl sites for hydroxylation is 1. The van der Waals surface area contributed by atoms with E-state index in [0.29, 0.717) is 24.8 Å². The zero-order valence-corrected chi connectivity index (χ0v) is 11.8. The van der Waals surface area contributed by atoms with Crippen molar-refractivity contribution in [1.82, 2.24) is 4.72 Å². The van der Waals surface area contributed by atoms with Crippen LogP contribution in [-0.2, 0) is 14.8 Å². The summed E-state index contributed by atoms with van der Waals surface area (Å²) in [6, 6.07) is 5.98. The summed E-state index contributed by atoms with van der Waals surface area (Å²) in [7, 11) is -3.65. The molecule has 5 nitrogen and oxygen atoms in total. The Bertz CT molecular complexity index is 514. The van der Waals surface area contributed by atoms with Gasteiger partial charge < -0.3 is 10.5 Å². The van der Waals surface area contributed by atoms with Crippen molar-refractivity contribution in [2.24, 2.45) is 5.73 Å². The molecule has 3 N–H and O–H groups in total.